The summed E-state index contributed by atoms with van der Waals surface area (Å²) in [5, 5.41) is 0.458. The highest BCUT2D eigenvalue weighted by Gasteiger charge is 2.25. The number of hydrogen-bond acceptors (Lipinski definition) is 4. The van der Waals surface area contributed by atoms with E-state index in [9.17, 15) is 0 Å². The third-order valence-electron chi connectivity index (χ3n) is 3.23. The van der Waals surface area contributed by atoms with Gasteiger partial charge in [0.25, 0.3) is 0 Å². The largest absolute Gasteiger partial charge is 0.372 e. The Hall–Kier alpha value is -1.39. The first kappa shape index (κ1) is 12.6. The van der Waals surface area contributed by atoms with Crippen molar-refractivity contribution in [2.75, 3.05) is 18.0 Å². The van der Waals surface area contributed by atoms with Gasteiger partial charge in [0.05, 0.1) is 23.2 Å². The Morgan fingerprint density at radius 1 is 1.11 bits per heavy atom. The van der Waals surface area contributed by atoms with E-state index in [0.29, 0.717) is 5.15 Å². The van der Waals surface area contributed by atoms with Crippen molar-refractivity contribution < 1.29 is 4.74 Å². The average Bonchev–Trinajstić information content (AvgIpc) is 2.36. The third kappa shape index (κ3) is 2.51. The fourth-order valence-corrected chi connectivity index (χ4v) is 2.77. The van der Waals surface area contributed by atoms with Gasteiger partial charge in [-0.1, -0.05) is 23.7 Å². The van der Waals surface area contributed by atoms with Gasteiger partial charge in [0, 0.05) is 13.1 Å². The Labute approximate surface area is 117 Å². The van der Waals surface area contributed by atoms with E-state index in [2.05, 4.69) is 28.7 Å². The summed E-state index contributed by atoms with van der Waals surface area (Å²) in [7, 11) is 0. The van der Waals surface area contributed by atoms with E-state index < -0.39 is 0 Å². The van der Waals surface area contributed by atoms with Crippen LogP contribution in [0.25, 0.3) is 11.0 Å². The predicted octanol–water partition coefficient (Wildman–Crippen LogP) is 2.90. The minimum atomic E-state index is 0.174. The van der Waals surface area contributed by atoms with Crippen LogP contribution in [0.4, 0.5) is 5.82 Å². The highest BCUT2D eigenvalue weighted by molar-refractivity contribution is 6.32. The molecular formula is C14H16ClN3O. The van der Waals surface area contributed by atoms with Crippen LogP contribution >= 0.6 is 11.6 Å². The van der Waals surface area contributed by atoms with E-state index in [0.717, 1.165) is 29.9 Å². The smallest absolute Gasteiger partial charge is 0.172 e. The number of fused-ring (bicyclic) bond motifs is 1. The maximum atomic E-state index is 6.28. The highest BCUT2D eigenvalue weighted by atomic mass is 35.5. The SMILES string of the molecule is C[C@@H]1CN(c2nc3ccccc3nc2Cl)C[C@@H](C)O1. The molecule has 1 aliphatic heterocycles. The lowest BCUT2D eigenvalue weighted by molar-refractivity contribution is -0.00545. The minimum Gasteiger partial charge on any atom is -0.372 e. The van der Waals surface area contributed by atoms with Gasteiger partial charge in [-0.25, -0.2) is 9.97 Å². The molecule has 4 nitrogen and oxygen atoms in total. The van der Waals surface area contributed by atoms with Crippen LogP contribution < -0.4 is 4.90 Å². The molecule has 100 valence electrons. The van der Waals surface area contributed by atoms with Gasteiger partial charge in [-0.3, -0.25) is 0 Å². The molecule has 0 amide bonds. The molecule has 19 heavy (non-hydrogen) atoms. The van der Waals surface area contributed by atoms with Gasteiger partial charge in [0.15, 0.2) is 11.0 Å². The number of halogens is 1. The van der Waals surface area contributed by atoms with Gasteiger partial charge in [-0.2, -0.15) is 0 Å². The standard InChI is InChI=1S/C14H16ClN3O/c1-9-7-18(8-10(2)19-9)14-13(15)16-11-5-3-4-6-12(11)17-14/h3-6,9-10H,7-8H2,1-2H3/t9-,10-/m1/s1. The summed E-state index contributed by atoms with van der Waals surface area (Å²) < 4.78 is 5.73. The second-order valence-corrected chi connectivity index (χ2v) is 5.35. The molecule has 1 aromatic carbocycles. The first-order valence-corrected chi connectivity index (χ1v) is 6.84. The van der Waals surface area contributed by atoms with E-state index in [1.165, 1.54) is 0 Å². The van der Waals surface area contributed by atoms with E-state index >= 15 is 0 Å². The average molecular weight is 278 g/mol. The summed E-state index contributed by atoms with van der Waals surface area (Å²) in [5.74, 6) is 0.752. The van der Waals surface area contributed by atoms with Crippen LogP contribution in [-0.2, 0) is 4.74 Å². The zero-order chi connectivity index (χ0) is 13.4. The van der Waals surface area contributed by atoms with Crippen molar-refractivity contribution in [2.45, 2.75) is 26.1 Å². The van der Waals surface area contributed by atoms with Crippen molar-refractivity contribution in [2.24, 2.45) is 0 Å². The summed E-state index contributed by atoms with van der Waals surface area (Å²) in [6.07, 6.45) is 0.348. The number of benzene rings is 1. The van der Waals surface area contributed by atoms with Gasteiger partial charge >= 0.3 is 0 Å². The van der Waals surface area contributed by atoms with Crippen molar-refractivity contribution in [1.29, 1.82) is 0 Å². The number of morpholine rings is 1. The molecule has 3 rings (SSSR count). The van der Waals surface area contributed by atoms with Crippen molar-refractivity contribution >= 4 is 28.5 Å². The number of nitrogens with zero attached hydrogens (tertiary/aromatic N) is 3. The van der Waals surface area contributed by atoms with Gasteiger partial charge < -0.3 is 9.64 Å². The summed E-state index contributed by atoms with van der Waals surface area (Å²) in [4.78, 5) is 11.2. The highest BCUT2D eigenvalue weighted by Crippen LogP contribution is 2.27. The molecule has 1 aliphatic rings. The Balaban J connectivity index is 2.01. The molecule has 1 aromatic heterocycles. The monoisotopic (exact) mass is 277 g/mol. The molecule has 2 aromatic rings. The molecule has 2 heterocycles. The lowest BCUT2D eigenvalue weighted by atomic mass is 10.2. The first-order chi connectivity index (χ1) is 9.13. The first-order valence-electron chi connectivity index (χ1n) is 6.46. The van der Waals surface area contributed by atoms with Crippen molar-refractivity contribution in [3.8, 4) is 0 Å². The quantitative estimate of drug-likeness (QED) is 0.803. The van der Waals surface area contributed by atoms with Crippen LogP contribution in [0.15, 0.2) is 24.3 Å². The Bertz CT molecular complexity index is 594. The Kier molecular flexibility index (Phi) is 3.29. The normalized spacial score (nSPS) is 23.8. The van der Waals surface area contributed by atoms with E-state index in [-0.39, 0.29) is 12.2 Å². The molecular weight excluding hydrogens is 262 g/mol. The van der Waals surface area contributed by atoms with Gasteiger partial charge in [-0.15, -0.1) is 0 Å². The number of aromatic nitrogens is 2. The lowest BCUT2D eigenvalue weighted by Crippen LogP contribution is -2.46. The van der Waals surface area contributed by atoms with Gasteiger partial charge in [0.2, 0.25) is 0 Å². The van der Waals surface area contributed by atoms with Gasteiger partial charge in [-0.05, 0) is 26.0 Å². The van der Waals surface area contributed by atoms with Crippen LogP contribution in [0.3, 0.4) is 0 Å². The second-order valence-electron chi connectivity index (χ2n) is 4.99. The van der Waals surface area contributed by atoms with Crippen LogP contribution in [0.5, 0.6) is 0 Å². The molecule has 1 fully saturated rings. The molecule has 0 aliphatic carbocycles. The maximum Gasteiger partial charge on any atom is 0.172 e. The molecule has 5 heteroatoms. The maximum absolute atomic E-state index is 6.28. The molecule has 0 saturated carbocycles. The predicted molar refractivity (Wildman–Crippen MR) is 76.8 cm³/mol. The van der Waals surface area contributed by atoms with E-state index in [4.69, 9.17) is 16.3 Å². The zero-order valence-electron chi connectivity index (χ0n) is 11.0. The molecule has 0 spiro atoms. The summed E-state index contributed by atoms with van der Waals surface area (Å²) in [6.45, 7) is 5.70. The van der Waals surface area contributed by atoms with Crippen LogP contribution in [0.2, 0.25) is 5.15 Å². The minimum absolute atomic E-state index is 0.174. The van der Waals surface area contributed by atoms with E-state index in [1.54, 1.807) is 0 Å². The number of para-hydroxylation sites is 2. The third-order valence-corrected chi connectivity index (χ3v) is 3.48. The molecule has 1 saturated heterocycles. The number of ether oxygens (including phenoxy) is 1. The fraction of sp³-hybridized carbons (Fsp3) is 0.429. The molecule has 0 unspecified atom stereocenters. The summed E-state index contributed by atoms with van der Waals surface area (Å²) in [6, 6.07) is 7.77. The van der Waals surface area contributed by atoms with Crippen molar-refractivity contribution in [3.63, 3.8) is 0 Å². The molecule has 0 radical (unpaired) electrons. The molecule has 2 atom stereocenters. The fourth-order valence-electron chi connectivity index (χ4n) is 2.52. The lowest BCUT2D eigenvalue weighted by Gasteiger charge is -2.36. The van der Waals surface area contributed by atoms with Crippen LogP contribution in [-0.4, -0.2) is 35.3 Å². The summed E-state index contributed by atoms with van der Waals surface area (Å²) in [5.41, 5.74) is 1.69. The summed E-state index contributed by atoms with van der Waals surface area (Å²) >= 11 is 6.28. The van der Waals surface area contributed by atoms with Crippen molar-refractivity contribution in [3.05, 3.63) is 29.4 Å². The second kappa shape index (κ2) is 4.94. The molecule has 0 bridgehead atoms. The molecule has 0 N–H and O–H groups in total. The van der Waals surface area contributed by atoms with Gasteiger partial charge in [0.1, 0.15) is 0 Å². The van der Waals surface area contributed by atoms with E-state index in [1.807, 2.05) is 24.3 Å². The van der Waals surface area contributed by atoms with Crippen LogP contribution in [0, 0.1) is 0 Å². The number of anilines is 1. The van der Waals surface area contributed by atoms with Crippen molar-refractivity contribution in [1.82, 2.24) is 9.97 Å². The Morgan fingerprint density at radius 2 is 1.68 bits per heavy atom. The Morgan fingerprint density at radius 3 is 2.32 bits per heavy atom. The number of rotatable bonds is 1. The zero-order valence-corrected chi connectivity index (χ0v) is 11.8. The van der Waals surface area contributed by atoms with Crippen LogP contribution in [0.1, 0.15) is 13.8 Å². The number of hydrogen-bond donors (Lipinski definition) is 0. The topological polar surface area (TPSA) is 38.2 Å².